The fourth-order valence-corrected chi connectivity index (χ4v) is 3.16. The lowest BCUT2D eigenvalue weighted by Gasteiger charge is -2.38. The van der Waals surface area contributed by atoms with Gasteiger partial charge in [0.2, 0.25) is 5.91 Å². The molecule has 0 aromatic heterocycles. The van der Waals surface area contributed by atoms with Crippen molar-refractivity contribution in [3.63, 3.8) is 0 Å². The molecular formula is C17H25ClN4O2. The molecular weight excluding hydrogens is 328 g/mol. The van der Waals surface area contributed by atoms with Gasteiger partial charge < -0.3 is 20.9 Å². The minimum Gasteiger partial charge on any atom is -0.367 e. The van der Waals surface area contributed by atoms with Gasteiger partial charge in [-0.2, -0.15) is 0 Å². The highest BCUT2D eigenvalue weighted by atomic mass is 35.5. The van der Waals surface area contributed by atoms with E-state index in [0.29, 0.717) is 31.2 Å². The molecule has 0 saturated carbocycles. The maximum Gasteiger partial charge on any atom is 0.312 e. The van der Waals surface area contributed by atoms with Gasteiger partial charge in [0.05, 0.1) is 10.7 Å². The fraction of sp³-hybridized carbons (Fsp3) is 0.529. The van der Waals surface area contributed by atoms with E-state index >= 15 is 0 Å². The first-order valence-corrected chi connectivity index (χ1v) is 8.66. The smallest absolute Gasteiger partial charge is 0.312 e. The number of carbonyl (C=O) groups is 2. The number of nitrogens with zero attached hydrogens (tertiary/aromatic N) is 2. The van der Waals surface area contributed by atoms with Crippen LogP contribution < -0.4 is 16.0 Å². The van der Waals surface area contributed by atoms with Crippen molar-refractivity contribution in [2.45, 2.75) is 26.3 Å². The van der Waals surface area contributed by atoms with E-state index in [-0.39, 0.29) is 11.8 Å². The number of anilines is 1. The summed E-state index contributed by atoms with van der Waals surface area (Å²) in [6, 6.07) is 6.47. The third-order valence-electron chi connectivity index (χ3n) is 4.56. The Bertz CT molecular complexity index is 588. The van der Waals surface area contributed by atoms with Crippen molar-refractivity contribution in [2.24, 2.45) is 11.7 Å². The van der Waals surface area contributed by atoms with Crippen LogP contribution in [0.2, 0.25) is 5.02 Å². The van der Waals surface area contributed by atoms with Crippen molar-refractivity contribution in [3.05, 3.63) is 29.3 Å². The van der Waals surface area contributed by atoms with E-state index in [2.05, 4.69) is 10.2 Å². The molecule has 1 aliphatic heterocycles. The molecule has 1 aromatic carbocycles. The number of piperazine rings is 1. The summed E-state index contributed by atoms with van der Waals surface area (Å²) in [5.74, 6) is -0.0337. The monoisotopic (exact) mass is 352 g/mol. The van der Waals surface area contributed by atoms with Crippen LogP contribution in [-0.4, -0.2) is 49.1 Å². The number of primary amides is 1. The molecule has 1 fully saturated rings. The predicted octanol–water partition coefficient (Wildman–Crippen LogP) is 2.07. The number of para-hydroxylation sites is 1. The number of nitrogens with one attached hydrogen (secondary N) is 1. The maximum atomic E-state index is 12.8. The molecule has 24 heavy (non-hydrogen) atoms. The van der Waals surface area contributed by atoms with Crippen LogP contribution in [0.4, 0.5) is 10.5 Å². The van der Waals surface area contributed by atoms with Gasteiger partial charge in [0.1, 0.15) is 6.04 Å². The van der Waals surface area contributed by atoms with E-state index in [9.17, 15) is 9.59 Å². The van der Waals surface area contributed by atoms with E-state index < -0.39 is 12.1 Å². The van der Waals surface area contributed by atoms with Crippen molar-refractivity contribution < 1.29 is 9.59 Å². The Morgan fingerprint density at radius 2 is 1.88 bits per heavy atom. The fourth-order valence-electron chi connectivity index (χ4n) is 2.91. The van der Waals surface area contributed by atoms with Gasteiger partial charge in [-0.15, -0.1) is 0 Å². The lowest BCUT2D eigenvalue weighted by atomic mass is 9.97. The maximum absolute atomic E-state index is 12.8. The lowest BCUT2D eigenvalue weighted by molar-refractivity contribution is -0.134. The van der Waals surface area contributed by atoms with Crippen molar-refractivity contribution in [2.75, 3.05) is 31.1 Å². The summed E-state index contributed by atoms with van der Waals surface area (Å²) < 4.78 is 0. The van der Waals surface area contributed by atoms with E-state index in [0.717, 1.165) is 12.1 Å². The van der Waals surface area contributed by atoms with Crippen LogP contribution >= 0.6 is 11.6 Å². The molecule has 1 aromatic rings. The Balaban J connectivity index is 2.01. The molecule has 2 rings (SSSR count). The summed E-state index contributed by atoms with van der Waals surface area (Å²) in [4.78, 5) is 27.9. The Labute approximate surface area is 147 Å². The number of nitrogens with two attached hydrogens (primary N) is 1. The van der Waals surface area contributed by atoms with E-state index in [1.807, 2.05) is 38.1 Å². The number of hydrogen-bond donors (Lipinski definition) is 2. The van der Waals surface area contributed by atoms with Gasteiger partial charge >= 0.3 is 6.03 Å². The number of benzene rings is 1. The Morgan fingerprint density at radius 1 is 1.25 bits per heavy atom. The molecule has 6 nitrogen and oxygen atoms in total. The zero-order chi connectivity index (χ0) is 17.7. The Morgan fingerprint density at radius 3 is 2.42 bits per heavy atom. The van der Waals surface area contributed by atoms with Gasteiger partial charge in [-0.1, -0.05) is 44.0 Å². The molecule has 3 N–H and O–H groups in total. The number of carbonyl (C=O) groups excluding carboxylic acids is 2. The molecule has 3 amide bonds. The average Bonchev–Trinajstić information content (AvgIpc) is 2.59. The second-order valence-corrected chi connectivity index (χ2v) is 6.54. The molecule has 0 bridgehead atoms. The summed E-state index contributed by atoms with van der Waals surface area (Å²) >= 11 is 6.24. The highest BCUT2D eigenvalue weighted by Crippen LogP contribution is 2.26. The molecule has 0 radical (unpaired) electrons. The second-order valence-electron chi connectivity index (χ2n) is 6.14. The summed E-state index contributed by atoms with van der Waals surface area (Å²) in [5, 5.41) is 3.31. The summed E-state index contributed by atoms with van der Waals surface area (Å²) in [6.45, 7) is 6.54. The van der Waals surface area contributed by atoms with Gasteiger partial charge in [0.25, 0.3) is 0 Å². The zero-order valence-corrected chi connectivity index (χ0v) is 14.9. The minimum absolute atomic E-state index is 0.0339. The van der Waals surface area contributed by atoms with Crippen LogP contribution in [0.25, 0.3) is 0 Å². The Hall–Kier alpha value is -1.95. The molecule has 0 aliphatic carbocycles. The lowest BCUT2D eigenvalue weighted by Crippen LogP contribution is -2.57. The normalized spacial score (nSPS) is 17.3. The molecule has 2 atom stereocenters. The largest absolute Gasteiger partial charge is 0.367 e. The molecule has 0 spiro atoms. The van der Waals surface area contributed by atoms with Crippen LogP contribution in [-0.2, 0) is 4.79 Å². The first-order chi connectivity index (χ1) is 11.4. The van der Waals surface area contributed by atoms with Crippen LogP contribution in [0.5, 0.6) is 0 Å². The van der Waals surface area contributed by atoms with Gasteiger partial charge in [0.15, 0.2) is 0 Å². The van der Waals surface area contributed by atoms with Crippen LogP contribution in [0.3, 0.4) is 0 Å². The average molecular weight is 353 g/mol. The first-order valence-electron chi connectivity index (χ1n) is 8.28. The highest BCUT2D eigenvalue weighted by molar-refractivity contribution is 6.33. The van der Waals surface area contributed by atoms with E-state index in [1.165, 1.54) is 0 Å². The summed E-state index contributed by atoms with van der Waals surface area (Å²) in [7, 11) is 0. The van der Waals surface area contributed by atoms with Crippen LogP contribution in [0.1, 0.15) is 20.3 Å². The molecule has 0 unspecified atom stereocenters. The molecule has 1 aliphatic rings. The molecule has 132 valence electrons. The van der Waals surface area contributed by atoms with Gasteiger partial charge in [0, 0.05) is 26.2 Å². The van der Waals surface area contributed by atoms with Gasteiger partial charge in [-0.05, 0) is 18.1 Å². The molecule has 7 heteroatoms. The number of halogens is 1. The SMILES string of the molecule is CC[C@H](C)[C@H](NC(N)=O)C(=O)N1CCN(c2ccccc2Cl)CC1. The Kier molecular flexibility index (Phi) is 6.31. The van der Waals surface area contributed by atoms with Crippen LogP contribution in [0.15, 0.2) is 24.3 Å². The van der Waals surface area contributed by atoms with Crippen molar-refractivity contribution in [1.29, 1.82) is 0 Å². The highest BCUT2D eigenvalue weighted by Gasteiger charge is 2.31. The molecule has 1 heterocycles. The molecule has 1 saturated heterocycles. The van der Waals surface area contributed by atoms with E-state index in [1.54, 1.807) is 4.90 Å². The number of hydrogen-bond acceptors (Lipinski definition) is 3. The number of rotatable bonds is 5. The summed E-state index contributed by atoms with van der Waals surface area (Å²) in [5.41, 5.74) is 6.21. The predicted molar refractivity (Wildman–Crippen MR) is 96.2 cm³/mol. The summed E-state index contributed by atoms with van der Waals surface area (Å²) in [6.07, 6.45) is 0.788. The van der Waals surface area contributed by atoms with E-state index in [4.69, 9.17) is 17.3 Å². The minimum atomic E-state index is -0.664. The topological polar surface area (TPSA) is 78.7 Å². The van der Waals surface area contributed by atoms with Crippen LogP contribution in [0, 0.1) is 5.92 Å². The van der Waals surface area contributed by atoms with Gasteiger partial charge in [-0.25, -0.2) is 4.79 Å². The zero-order valence-electron chi connectivity index (χ0n) is 14.2. The van der Waals surface area contributed by atoms with Crippen molar-refractivity contribution in [3.8, 4) is 0 Å². The third kappa shape index (κ3) is 4.32. The van der Waals surface area contributed by atoms with Crippen molar-refractivity contribution >= 4 is 29.2 Å². The van der Waals surface area contributed by atoms with Crippen molar-refractivity contribution in [1.82, 2.24) is 10.2 Å². The third-order valence-corrected chi connectivity index (χ3v) is 4.88. The second kappa shape index (κ2) is 8.24. The first kappa shape index (κ1) is 18.4. The number of urea groups is 1. The number of amides is 3. The quantitative estimate of drug-likeness (QED) is 0.851. The van der Waals surface area contributed by atoms with Gasteiger partial charge in [-0.3, -0.25) is 4.79 Å². The standard InChI is InChI=1S/C17H25ClN4O2/c1-3-12(2)15(20-17(19)24)16(23)22-10-8-21(9-11-22)14-7-5-4-6-13(14)18/h4-7,12,15H,3,8-11H2,1-2H3,(H3,19,20,24)/t12-,15-/m0/s1.